The highest BCUT2D eigenvalue weighted by atomic mass is 32.2. The topological polar surface area (TPSA) is 118 Å². The van der Waals surface area contributed by atoms with Gasteiger partial charge in [0, 0.05) is 6.42 Å². The normalized spacial score (nSPS) is 38.7. The van der Waals surface area contributed by atoms with Gasteiger partial charge in [-0.1, -0.05) is 0 Å². The summed E-state index contributed by atoms with van der Waals surface area (Å²) >= 11 is 0. The molecule has 0 spiro atoms. The molecule has 4 N–H and O–H groups in total. The summed E-state index contributed by atoms with van der Waals surface area (Å²) in [6.45, 7) is 0. The molecular formula is C5H8FNO5S. The highest BCUT2D eigenvalue weighted by Gasteiger charge is 2.73. The molecular weight excluding hydrogens is 205 g/mol. The van der Waals surface area contributed by atoms with E-state index in [1.807, 2.05) is 0 Å². The highest BCUT2D eigenvalue weighted by molar-refractivity contribution is 7.85. The molecule has 0 bridgehead atoms. The number of carboxylic acids is 1. The Balaban J connectivity index is 2.82. The van der Waals surface area contributed by atoms with Gasteiger partial charge >= 0.3 is 5.97 Å². The van der Waals surface area contributed by atoms with Gasteiger partial charge in [0.1, 0.15) is 5.75 Å². The standard InChI is InChI=1S/C5H8FNO5S/c6-4(2-13(10,11)12)1-5(4,7)3(8)9/h1-2,7H2,(H,8,9)(H,10,11,12)/t4-,5?/m1/s1. The third-order valence-electron chi connectivity index (χ3n) is 2.03. The van der Waals surface area contributed by atoms with E-state index in [4.69, 9.17) is 15.4 Å². The SMILES string of the molecule is NC1(C(=O)O)C[C@@]1(F)CS(=O)(=O)O. The van der Waals surface area contributed by atoms with Gasteiger partial charge < -0.3 is 10.8 Å². The summed E-state index contributed by atoms with van der Waals surface area (Å²) in [5.74, 6) is -2.89. The number of hydrogen-bond donors (Lipinski definition) is 3. The molecule has 76 valence electrons. The first-order chi connectivity index (χ1) is 5.61. The van der Waals surface area contributed by atoms with Crippen molar-refractivity contribution in [3.05, 3.63) is 0 Å². The molecule has 0 aromatic carbocycles. The summed E-state index contributed by atoms with van der Waals surface area (Å²) < 4.78 is 42.1. The van der Waals surface area contributed by atoms with Crippen LogP contribution in [0.1, 0.15) is 6.42 Å². The van der Waals surface area contributed by atoms with E-state index in [1.165, 1.54) is 0 Å². The van der Waals surface area contributed by atoms with Gasteiger partial charge in [-0.05, 0) is 0 Å². The maximum absolute atomic E-state index is 13.3. The van der Waals surface area contributed by atoms with E-state index in [1.54, 1.807) is 0 Å². The second kappa shape index (κ2) is 2.40. The Kier molecular flexibility index (Phi) is 1.91. The predicted molar refractivity (Wildman–Crippen MR) is 39.4 cm³/mol. The molecule has 0 aromatic heterocycles. The lowest BCUT2D eigenvalue weighted by Gasteiger charge is -2.08. The summed E-state index contributed by atoms with van der Waals surface area (Å²) in [5, 5.41) is 8.40. The van der Waals surface area contributed by atoms with Crippen LogP contribution in [-0.2, 0) is 14.9 Å². The second-order valence-corrected chi connectivity index (χ2v) is 4.60. The maximum atomic E-state index is 13.3. The Morgan fingerprint density at radius 2 is 2.08 bits per heavy atom. The van der Waals surface area contributed by atoms with Crippen LogP contribution < -0.4 is 5.73 Å². The van der Waals surface area contributed by atoms with Crippen molar-refractivity contribution in [3.8, 4) is 0 Å². The van der Waals surface area contributed by atoms with E-state index in [0.717, 1.165) is 0 Å². The van der Waals surface area contributed by atoms with Gasteiger partial charge in [0.05, 0.1) is 0 Å². The lowest BCUT2D eigenvalue weighted by molar-refractivity contribution is -0.140. The van der Waals surface area contributed by atoms with Crippen LogP contribution in [0.2, 0.25) is 0 Å². The van der Waals surface area contributed by atoms with Gasteiger partial charge in [-0.3, -0.25) is 9.35 Å². The number of hydrogen-bond acceptors (Lipinski definition) is 4. The summed E-state index contributed by atoms with van der Waals surface area (Å²) in [6.07, 6.45) is -0.602. The molecule has 1 aliphatic rings. The molecule has 0 radical (unpaired) electrons. The first-order valence-corrected chi connectivity index (χ1v) is 4.88. The van der Waals surface area contributed by atoms with Crippen molar-refractivity contribution in [2.24, 2.45) is 5.73 Å². The fraction of sp³-hybridized carbons (Fsp3) is 0.800. The van der Waals surface area contributed by atoms with Crippen molar-refractivity contribution >= 4 is 16.1 Å². The summed E-state index contributed by atoms with van der Waals surface area (Å²) in [6, 6.07) is 0. The minimum absolute atomic E-state index is 0.602. The van der Waals surface area contributed by atoms with E-state index in [9.17, 15) is 17.6 Å². The average molecular weight is 213 g/mol. The number of nitrogens with two attached hydrogens (primary N) is 1. The van der Waals surface area contributed by atoms with E-state index in [2.05, 4.69) is 0 Å². The molecule has 13 heavy (non-hydrogen) atoms. The summed E-state index contributed by atoms with van der Waals surface area (Å²) in [4.78, 5) is 10.3. The van der Waals surface area contributed by atoms with Crippen LogP contribution in [0.15, 0.2) is 0 Å². The first-order valence-electron chi connectivity index (χ1n) is 3.27. The zero-order chi connectivity index (χ0) is 10.5. The molecule has 2 atom stereocenters. The van der Waals surface area contributed by atoms with Gasteiger partial charge in [0.15, 0.2) is 11.2 Å². The Morgan fingerprint density at radius 1 is 1.62 bits per heavy atom. The monoisotopic (exact) mass is 213 g/mol. The molecule has 6 nitrogen and oxygen atoms in total. The van der Waals surface area contributed by atoms with E-state index in [0.29, 0.717) is 0 Å². The summed E-state index contributed by atoms with van der Waals surface area (Å²) in [7, 11) is -4.54. The number of carboxylic acid groups (broad SMARTS) is 1. The molecule has 0 aliphatic heterocycles. The van der Waals surface area contributed by atoms with Crippen LogP contribution in [0.25, 0.3) is 0 Å². The van der Waals surface area contributed by atoms with Crippen molar-refractivity contribution in [2.75, 3.05) is 5.75 Å². The molecule has 0 heterocycles. The lowest BCUT2D eigenvalue weighted by Crippen LogP contribution is -2.43. The predicted octanol–water partition coefficient (Wildman–Crippen LogP) is -1.23. The number of aliphatic carboxylic acids is 1. The van der Waals surface area contributed by atoms with Gasteiger partial charge in [-0.15, -0.1) is 0 Å². The number of rotatable bonds is 3. The Labute approximate surface area is 73.3 Å². The smallest absolute Gasteiger partial charge is 0.327 e. The third kappa shape index (κ3) is 1.64. The summed E-state index contributed by atoms with van der Waals surface area (Å²) in [5.41, 5.74) is 0.298. The molecule has 1 saturated carbocycles. The van der Waals surface area contributed by atoms with Crippen LogP contribution in [0.4, 0.5) is 4.39 Å². The van der Waals surface area contributed by atoms with Crippen molar-refractivity contribution in [2.45, 2.75) is 17.6 Å². The van der Waals surface area contributed by atoms with Crippen molar-refractivity contribution < 1.29 is 27.3 Å². The number of carbonyl (C=O) groups is 1. The second-order valence-electron chi connectivity index (χ2n) is 3.14. The Morgan fingerprint density at radius 3 is 2.31 bits per heavy atom. The average Bonchev–Trinajstić information content (AvgIpc) is 2.30. The molecule has 1 fully saturated rings. The van der Waals surface area contributed by atoms with Crippen molar-refractivity contribution in [1.29, 1.82) is 0 Å². The van der Waals surface area contributed by atoms with Gasteiger partial charge in [0.2, 0.25) is 0 Å². The molecule has 1 rings (SSSR count). The zero-order valence-corrected chi connectivity index (χ0v) is 7.21. The Bertz CT molecular complexity index is 354. The largest absolute Gasteiger partial charge is 0.480 e. The molecule has 0 amide bonds. The minimum Gasteiger partial charge on any atom is -0.480 e. The molecule has 0 aromatic rings. The van der Waals surface area contributed by atoms with Gasteiger partial charge in [-0.25, -0.2) is 4.39 Å². The molecule has 1 aliphatic carbocycles. The fourth-order valence-corrected chi connectivity index (χ4v) is 2.07. The number of alkyl halides is 1. The highest BCUT2D eigenvalue weighted by Crippen LogP contribution is 2.50. The maximum Gasteiger partial charge on any atom is 0.327 e. The number of halogens is 1. The van der Waals surface area contributed by atoms with Crippen molar-refractivity contribution in [1.82, 2.24) is 0 Å². The van der Waals surface area contributed by atoms with Crippen LogP contribution in [0, 0.1) is 0 Å². The molecule has 1 unspecified atom stereocenters. The van der Waals surface area contributed by atoms with Crippen LogP contribution in [0.3, 0.4) is 0 Å². The van der Waals surface area contributed by atoms with Crippen LogP contribution in [0.5, 0.6) is 0 Å². The van der Waals surface area contributed by atoms with E-state index < -0.39 is 39.5 Å². The van der Waals surface area contributed by atoms with Crippen molar-refractivity contribution in [3.63, 3.8) is 0 Å². The van der Waals surface area contributed by atoms with Gasteiger partial charge in [-0.2, -0.15) is 8.42 Å². The van der Waals surface area contributed by atoms with E-state index in [-0.39, 0.29) is 0 Å². The lowest BCUT2D eigenvalue weighted by atomic mass is 10.2. The molecule has 0 saturated heterocycles. The minimum atomic E-state index is -4.54. The Hall–Kier alpha value is -0.730. The fourth-order valence-electron chi connectivity index (χ4n) is 1.13. The zero-order valence-electron chi connectivity index (χ0n) is 6.40. The van der Waals surface area contributed by atoms with E-state index >= 15 is 0 Å². The van der Waals surface area contributed by atoms with Crippen LogP contribution in [-0.4, -0.2) is 41.0 Å². The first kappa shape index (κ1) is 10.4. The molecule has 8 heteroatoms. The third-order valence-corrected chi connectivity index (χ3v) is 2.85. The van der Waals surface area contributed by atoms with Crippen LogP contribution >= 0.6 is 0 Å². The van der Waals surface area contributed by atoms with Gasteiger partial charge in [0.25, 0.3) is 10.1 Å². The quantitative estimate of drug-likeness (QED) is 0.505.